The molecular formula is C6H10O5. The third-order valence-corrected chi connectivity index (χ3v) is 2.28. The molecule has 0 aromatic heterocycles. The molecule has 5 heteroatoms. The summed E-state index contributed by atoms with van der Waals surface area (Å²) in [7, 11) is 0. The van der Waals surface area contributed by atoms with Crippen LogP contribution in [0.15, 0.2) is 0 Å². The van der Waals surface area contributed by atoms with Crippen LogP contribution in [0, 0.1) is 0 Å². The maximum Gasteiger partial charge on any atom is 0.115 e. The highest BCUT2D eigenvalue weighted by Crippen LogP contribution is 2.37. The summed E-state index contributed by atoms with van der Waals surface area (Å²) in [4.78, 5) is 0. The van der Waals surface area contributed by atoms with Crippen molar-refractivity contribution in [2.24, 2.45) is 0 Å². The summed E-state index contributed by atoms with van der Waals surface area (Å²) in [6.07, 6.45) is -5.73. The normalized spacial score (nSPS) is 62.2. The maximum absolute atomic E-state index is 9.13. The number of hydrogen-bond donors (Lipinski definition) is 4. The molecule has 1 saturated heterocycles. The highest BCUT2D eigenvalue weighted by atomic mass is 16.6. The third kappa shape index (κ3) is 0.896. The van der Waals surface area contributed by atoms with Crippen LogP contribution in [-0.2, 0) is 4.74 Å². The van der Waals surface area contributed by atoms with Gasteiger partial charge in [-0.3, -0.25) is 0 Å². The molecule has 1 aliphatic carbocycles. The molecule has 6 atom stereocenters. The van der Waals surface area contributed by atoms with Gasteiger partial charge in [-0.2, -0.15) is 0 Å². The van der Waals surface area contributed by atoms with Crippen LogP contribution in [0.25, 0.3) is 0 Å². The topological polar surface area (TPSA) is 93.5 Å². The Hall–Kier alpha value is -0.200. The molecule has 64 valence electrons. The van der Waals surface area contributed by atoms with E-state index < -0.39 is 36.6 Å². The molecule has 1 aliphatic heterocycles. The van der Waals surface area contributed by atoms with Gasteiger partial charge in [-0.15, -0.1) is 0 Å². The number of rotatable bonds is 0. The van der Waals surface area contributed by atoms with E-state index in [2.05, 4.69) is 0 Å². The summed E-state index contributed by atoms with van der Waals surface area (Å²) in [5.41, 5.74) is 0. The lowest BCUT2D eigenvalue weighted by molar-refractivity contribution is -0.121. The number of aliphatic hydroxyl groups excluding tert-OH is 4. The Kier molecular flexibility index (Phi) is 1.45. The first-order valence-electron chi connectivity index (χ1n) is 3.50. The van der Waals surface area contributed by atoms with E-state index in [1.165, 1.54) is 0 Å². The molecule has 2 fully saturated rings. The lowest BCUT2D eigenvalue weighted by atomic mass is 9.90. The molecule has 0 spiro atoms. The van der Waals surface area contributed by atoms with E-state index in [1.54, 1.807) is 0 Å². The van der Waals surface area contributed by atoms with Crippen LogP contribution in [0.3, 0.4) is 0 Å². The Labute approximate surface area is 62.8 Å². The minimum atomic E-state index is -1.30. The lowest BCUT2D eigenvalue weighted by Gasteiger charge is -2.28. The summed E-state index contributed by atoms with van der Waals surface area (Å²) in [5, 5.41) is 36.4. The van der Waals surface area contributed by atoms with Crippen molar-refractivity contribution in [2.45, 2.75) is 36.6 Å². The summed E-state index contributed by atoms with van der Waals surface area (Å²) >= 11 is 0. The summed E-state index contributed by atoms with van der Waals surface area (Å²) < 4.78 is 4.82. The molecule has 2 rings (SSSR count). The van der Waals surface area contributed by atoms with Crippen LogP contribution in [0.4, 0.5) is 0 Å². The number of aliphatic hydroxyl groups is 4. The van der Waals surface area contributed by atoms with Gasteiger partial charge in [0.25, 0.3) is 0 Å². The Morgan fingerprint density at radius 1 is 0.636 bits per heavy atom. The van der Waals surface area contributed by atoms with Crippen molar-refractivity contribution in [1.82, 2.24) is 0 Å². The predicted octanol–water partition coefficient (Wildman–Crippen LogP) is -2.79. The van der Waals surface area contributed by atoms with E-state index in [9.17, 15) is 0 Å². The van der Waals surface area contributed by atoms with Gasteiger partial charge in [-0.05, 0) is 0 Å². The average Bonchev–Trinajstić information content (AvgIpc) is 2.76. The molecule has 0 aromatic carbocycles. The van der Waals surface area contributed by atoms with Crippen LogP contribution in [0.5, 0.6) is 0 Å². The van der Waals surface area contributed by atoms with Gasteiger partial charge in [0.05, 0.1) is 0 Å². The van der Waals surface area contributed by atoms with Crippen molar-refractivity contribution in [2.75, 3.05) is 0 Å². The SMILES string of the molecule is OC1C(O)C(O)[C@H]2O[C@@H]2C1O. The fraction of sp³-hybridized carbons (Fsp3) is 1.00. The second-order valence-electron chi connectivity index (χ2n) is 3.03. The Morgan fingerprint density at radius 3 is 1.36 bits per heavy atom. The van der Waals surface area contributed by atoms with Gasteiger partial charge in [0.15, 0.2) is 0 Å². The monoisotopic (exact) mass is 162 g/mol. The summed E-state index contributed by atoms with van der Waals surface area (Å²) in [5.74, 6) is 0. The van der Waals surface area contributed by atoms with E-state index in [0.29, 0.717) is 0 Å². The van der Waals surface area contributed by atoms with Gasteiger partial charge < -0.3 is 25.2 Å². The van der Waals surface area contributed by atoms with Gasteiger partial charge in [0, 0.05) is 0 Å². The first-order chi connectivity index (χ1) is 5.13. The van der Waals surface area contributed by atoms with Crippen molar-refractivity contribution in [3.8, 4) is 0 Å². The third-order valence-electron chi connectivity index (χ3n) is 2.28. The van der Waals surface area contributed by atoms with Crippen molar-refractivity contribution in [1.29, 1.82) is 0 Å². The first kappa shape index (κ1) is 7.45. The van der Waals surface area contributed by atoms with Crippen LogP contribution in [0.2, 0.25) is 0 Å². The second kappa shape index (κ2) is 2.15. The average molecular weight is 162 g/mol. The predicted molar refractivity (Wildman–Crippen MR) is 32.7 cm³/mol. The number of ether oxygens (including phenoxy) is 1. The second-order valence-corrected chi connectivity index (χ2v) is 3.03. The lowest BCUT2D eigenvalue weighted by Crippen LogP contribution is -2.53. The van der Waals surface area contributed by atoms with Crippen LogP contribution >= 0.6 is 0 Å². The Bertz CT molecular complexity index is 154. The van der Waals surface area contributed by atoms with E-state index in [4.69, 9.17) is 25.2 Å². The van der Waals surface area contributed by atoms with E-state index in [0.717, 1.165) is 0 Å². The number of fused-ring (bicyclic) bond motifs is 1. The van der Waals surface area contributed by atoms with Gasteiger partial charge in [0.2, 0.25) is 0 Å². The summed E-state index contributed by atoms with van der Waals surface area (Å²) in [6.45, 7) is 0. The van der Waals surface area contributed by atoms with Crippen molar-refractivity contribution >= 4 is 0 Å². The smallest absolute Gasteiger partial charge is 0.115 e. The molecule has 5 nitrogen and oxygen atoms in total. The molecule has 0 radical (unpaired) electrons. The first-order valence-corrected chi connectivity index (χ1v) is 3.50. The van der Waals surface area contributed by atoms with Gasteiger partial charge in [-0.1, -0.05) is 0 Å². The maximum atomic E-state index is 9.13. The van der Waals surface area contributed by atoms with E-state index >= 15 is 0 Å². The fourth-order valence-electron chi connectivity index (χ4n) is 1.48. The van der Waals surface area contributed by atoms with Crippen molar-refractivity contribution in [3.63, 3.8) is 0 Å². The molecule has 1 saturated carbocycles. The minimum absolute atomic E-state index is 0.497. The van der Waals surface area contributed by atoms with Gasteiger partial charge >= 0.3 is 0 Å². The highest BCUT2D eigenvalue weighted by molar-refractivity contribution is 5.07. The zero-order valence-electron chi connectivity index (χ0n) is 5.66. The largest absolute Gasteiger partial charge is 0.387 e. The zero-order valence-corrected chi connectivity index (χ0v) is 5.66. The molecule has 0 aromatic rings. The molecule has 1 heterocycles. The summed E-state index contributed by atoms with van der Waals surface area (Å²) in [6, 6.07) is 0. The molecule has 4 N–H and O–H groups in total. The quantitative estimate of drug-likeness (QED) is 0.289. The van der Waals surface area contributed by atoms with Crippen molar-refractivity contribution < 1.29 is 25.2 Å². The van der Waals surface area contributed by atoms with E-state index in [-0.39, 0.29) is 0 Å². The standard InChI is InChI=1S/C6H10O5/c7-1-2(8)4(10)6-5(11-6)3(1)9/h1-10H/t1?,2?,3?,4?,5-,6-/m1/s1. The van der Waals surface area contributed by atoms with Crippen molar-refractivity contribution in [3.05, 3.63) is 0 Å². The van der Waals surface area contributed by atoms with Crippen LogP contribution < -0.4 is 0 Å². The van der Waals surface area contributed by atoms with E-state index in [1.807, 2.05) is 0 Å². The number of hydrogen-bond acceptors (Lipinski definition) is 5. The van der Waals surface area contributed by atoms with Crippen LogP contribution in [-0.4, -0.2) is 57.0 Å². The molecule has 0 amide bonds. The molecule has 2 aliphatic rings. The highest BCUT2D eigenvalue weighted by Gasteiger charge is 2.59. The Morgan fingerprint density at radius 2 is 1.00 bits per heavy atom. The molecular weight excluding hydrogens is 152 g/mol. The number of epoxide rings is 1. The molecule has 11 heavy (non-hydrogen) atoms. The molecule has 0 bridgehead atoms. The molecule has 4 unspecified atom stereocenters. The minimum Gasteiger partial charge on any atom is -0.387 e. The Balaban J connectivity index is 2.13. The van der Waals surface area contributed by atoms with Gasteiger partial charge in [0.1, 0.15) is 36.6 Å². The van der Waals surface area contributed by atoms with Gasteiger partial charge in [-0.25, -0.2) is 0 Å². The fourth-order valence-corrected chi connectivity index (χ4v) is 1.48. The van der Waals surface area contributed by atoms with Crippen LogP contribution in [0.1, 0.15) is 0 Å². The zero-order chi connectivity index (χ0) is 8.17.